The van der Waals surface area contributed by atoms with Gasteiger partial charge in [0.15, 0.2) is 0 Å². The summed E-state index contributed by atoms with van der Waals surface area (Å²) in [5, 5.41) is 2.89. The lowest BCUT2D eigenvalue weighted by atomic mass is 10.0. The third-order valence-electron chi connectivity index (χ3n) is 3.99. The van der Waals surface area contributed by atoms with Crippen molar-refractivity contribution in [3.8, 4) is 22.6 Å². The summed E-state index contributed by atoms with van der Waals surface area (Å²) >= 11 is 0. The summed E-state index contributed by atoms with van der Waals surface area (Å²) in [7, 11) is 1.65. The maximum Gasteiger partial charge on any atom is 0.255 e. The molecule has 1 N–H and O–H groups in total. The fourth-order valence-electron chi connectivity index (χ4n) is 2.60. The van der Waals surface area contributed by atoms with E-state index in [4.69, 9.17) is 9.47 Å². The zero-order valence-corrected chi connectivity index (χ0v) is 14.9. The van der Waals surface area contributed by atoms with Crippen molar-refractivity contribution in [1.82, 2.24) is 0 Å². The van der Waals surface area contributed by atoms with Gasteiger partial charge in [-0.25, -0.2) is 0 Å². The van der Waals surface area contributed by atoms with Gasteiger partial charge in [0.05, 0.1) is 13.7 Å². The van der Waals surface area contributed by atoms with E-state index in [0.29, 0.717) is 12.2 Å². The highest BCUT2D eigenvalue weighted by atomic mass is 16.5. The van der Waals surface area contributed by atoms with E-state index in [1.165, 1.54) is 0 Å². The molecule has 0 saturated heterocycles. The number of carbonyl (C=O) groups excluding carboxylic acids is 1. The highest BCUT2D eigenvalue weighted by Crippen LogP contribution is 2.23. The number of rotatable bonds is 6. The van der Waals surface area contributed by atoms with Crippen LogP contribution in [0.4, 0.5) is 5.69 Å². The van der Waals surface area contributed by atoms with Gasteiger partial charge < -0.3 is 14.8 Å². The van der Waals surface area contributed by atoms with Crippen LogP contribution in [-0.2, 0) is 0 Å². The molecule has 0 heterocycles. The first-order valence-electron chi connectivity index (χ1n) is 8.48. The van der Waals surface area contributed by atoms with Crippen LogP contribution in [0.5, 0.6) is 11.5 Å². The van der Waals surface area contributed by atoms with Crippen LogP contribution in [-0.4, -0.2) is 19.6 Å². The monoisotopic (exact) mass is 347 g/mol. The number of anilines is 1. The van der Waals surface area contributed by atoms with Crippen molar-refractivity contribution >= 4 is 11.6 Å². The first kappa shape index (κ1) is 17.5. The second-order valence-corrected chi connectivity index (χ2v) is 5.72. The van der Waals surface area contributed by atoms with E-state index in [0.717, 1.165) is 28.3 Å². The molecule has 0 unspecified atom stereocenters. The van der Waals surface area contributed by atoms with Crippen molar-refractivity contribution in [2.75, 3.05) is 19.0 Å². The van der Waals surface area contributed by atoms with E-state index in [9.17, 15) is 4.79 Å². The van der Waals surface area contributed by atoms with Crippen LogP contribution in [0.25, 0.3) is 11.1 Å². The first-order chi connectivity index (χ1) is 12.7. The quantitative estimate of drug-likeness (QED) is 0.681. The molecule has 3 rings (SSSR count). The second kappa shape index (κ2) is 8.21. The smallest absolute Gasteiger partial charge is 0.255 e. The predicted molar refractivity (Wildman–Crippen MR) is 104 cm³/mol. The predicted octanol–water partition coefficient (Wildman–Crippen LogP) is 5.01. The molecule has 0 radical (unpaired) electrons. The van der Waals surface area contributed by atoms with Crippen molar-refractivity contribution in [1.29, 1.82) is 0 Å². The summed E-state index contributed by atoms with van der Waals surface area (Å²) in [4.78, 5) is 12.4. The SMILES string of the molecule is CCOc1ccc(NC(=O)c2ccc(-c3ccc(OC)cc3)cc2)cc1. The minimum absolute atomic E-state index is 0.143. The number of ether oxygens (including phenoxy) is 2. The van der Waals surface area contributed by atoms with Crippen molar-refractivity contribution in [2.24, 2.45) is 0 Å². The molecule has 0 bridgehead atoms. The van der Waals surface area contributed by atoms with Crippen LogP contribution in [0.15, 0.2) is 72.8 Å². The van der Waals surface area contributed by atoms with E-state index in [2.05, 4.69) is 5.32 Å². The van der Waals surface area contributed by atoms with Crippen LogP contribution in [0.1, 0.15) is 17.3 Å². The average Bonchev–Trinajstić information content (AvgIpc) is 2.70. The normalized spacial score (nSPS) is 10.2. The van der Waals surface area contributed by atoms with Crippen LogP contribution < -0.4 is 14.8 Å². The Bertz CT molecular complexity index is 853. The maximum atomic E-state index is 12.4. The van der Waals surface area contributed by atoms with E-state index in [1.54, 1.807) is 7.11 Å². The number of nitrogens with one attached hydrogen (secondary N) is 1. The number of hydrogen-bond acceptors (Lipinski definition) is 3. The summed E-state index contributed by atoms with van der Waals surface area (Å²) in [6.45, 7) is 2.55. The fourth-order valence-corrected chi connectivity index (χ4v) is 2.60. The van der Waals surface area contributed by atoms with Crippen LogP contribution >= 0.6 is 0 Å². The first-order valence-corrected chi connectivity index (χ1v) is 8.48. The van der Waals surface area contributed by atoms with Gasteiger partial charge in [0.25, 0.3) is 5.91 Å². The molecule has 132 valence electrons. The number of benzene rings is 3. The third kappa shape index (κ3) is 4.22. The molecule has 26 heavy (non-hydrogen) atoms. The highest BCUT2D eigenvalue weighted by molar-refractivity contribution is 6.04. The minimum atomic E-state index is -0.143. The zero-order chi connectivity index (χ0) is 18.4. The van der Waals surface area contributed by atoms with Gasteiger partial charge in [-0.05, 0) is 66.6 Å². The highest BCUT2D eigenvalue weighted by Gasteiger charge is 2.07. The van der Waals surface area contributed by atoms with Gasteiger partial charge in [-0.3, -0.25) is 4.79 Å². The molecule has 3 aromatic rings. The van der Waals surface area contributed by atoms with Gasteiger partial charge >= 0.3 is 0 Å². The molecule has 0 aliphatic rings. The molecule has 4 nitrogen and oxygen atoms in total. The van der Waals surface area contributed by atoms with Crippen molar-refractivity contribution in [3.63, 3.8) is 0 Å². The number of amides is 1. The fraction of sp³-hybridized carbons (Fsp3) is 0.136. The van der Waals surface area contributed by atoms with Crippen LogP contribution in [0, 0.1) is 0 Å². The van der Waals surface area contributed by atoms with Gasteiger partial charge in [-0.15, -0.1) is 0 Å². The molecule has 0 spiro atoms. The standard InChI is InChI=1S/C22H21NO3/c1-3-26-21-14-10-19(11-15-21)23-22(24)18-6-4-16(5-7-18)17-8-12-20(25-2)13-9-17/h4-15H,3H2,1-2H3,(H,23,24). The minimum Gasteiger partial charge on any atom is -0.497 e. The molecular weight excluding hydrogens is 326 g/mol. The topological polar surface area (TPSA) is 47.6 Å². The van der Waals surface area contributed by atoms with E-state index in [-0.39, 0.29) is 5.91 Å². The van der Waals surface area contributed by atoms with Crippen LogP contribution in [0.3, 0.4) is 0 Å². The summed E-state index contributed by atoms with van der Waals surface area (Å²) in [5.41, 5.74) is 3.46. The van der Waals surface area contributed by atoms with E-state index >= 15 is 0 Å². The number of methoxy groups -OCH3 is 1. The summed E-state index contributed by atoms with van der Waals surface area (Å²) in [5.74, 6) is 1.46. The summed E-state index contributed by atoms with van der Waals surface area (Å²) < 4.78 is 10.6. The molecule has 0 aromatic heterocycles. The number of hydrogen-bond donors (Lipinski definition) is 1. The molecule has 0 aliphatic heterocycles. The second-order valence-electron chi connectivity index (χ2n) is 5.72. The van der Waals surface area contributed by atoms with Gasteiger partial charge in [0.1, 0.15) is 11.5 Å². The summed E-state index contributed by atoms with van der Waals surface area (Å²) in [6.07, 6.45) is 0. The van der Waals surface area contributed by atoms with E-state index < -0.39 is 0 Å². The average molecular weight is 347 g/mol. The molecule has 0 fully saturated rings. The summed E-state index contributed by atoms with van der Waals surface area (Å²) in [6, 6.07) is 22.7. The Morgan fingerprint density at radius 2 is 1.35 bits per heavy atom. The Balaban J connectivity index is 1.68. The zero-order valence-electron chi connectivity index (χ0n) is 14.9. The lowest BCUT2D eigenvalue weighted by molar-refractivity contribution is 0.102. The Kier molecular flexibility index (Phi) is 5.54. The lowest BCUT2D eigenvalue weighted by Crippen LogP contribution is -2.11. The Morgan fingerprint density at radius 3 is 1.88 bits per heavy atom. The van der Waals surface area contributed by atoms with E-state index in [1.807, 2.05) is 79.7 Å². The maximum absolute atomic E-state index is 12.4. The molecule has 0 atom stereocenters. The van der Waals surface area contributed by atoms with Gasteiger partial charge in [-0.1, -0.05) is 24.3 Å². The van der Waals surface area contributed by atoms with Crippen molar-refractivity contribution in [3.05, 3.63) is 78.4 Å². The Morgan fingerprint density at radius 1 is 0.808 bits per heavy atom. The molecule has 4 heteroatoms. The number of carbonyl (C=O) groups is 1. The van der Waals surface area contributed by atoms with Gasteiger partial charge in [-0.2, -0.15) is 0 Å². The van der Waals surface area contributed by atoms with Crippen molar-refractivity contribution in [2.45, 2.75) is 6.92 Å². The molecular formula is C22H21NO3. The lowest BCUT2D eigenvalue weighted by Gasteiger charge is -2.08. The van der Waals surface area contributed by atoms with Crippen LogP contribution in [0.2, 0.25) is 0 Å². The molecule has 1 amide bonds. The van der Waals surface area contributed by atoms with Gasteiger partial charge in [0, 0.05) is 11.3 Å². The van der Waals surface area contributed by atoms with Crippen molar-refractivity contribution < 1.29 is 14.3 Å². The molecule has 3 aromatic carbocycles. The Labute approximate surface area is 153 Å². The third-order valence-corrected chi connectivity index (χ3v) is 3.99. The Hall–Kier alpha value is -3.27. The van der Waals surface area contributed by atoms with Gasteiger partial charge in [0.2, 0.25) is 0 Å². The largest absolute Gasteiger partial charge is 0.497 e. The molecule has 0 saturated carbocycles. The molecule has 0 aliphatic carbocycles.